The Labute approximate surface area is 216 Å². The van der Waals surface area contributed by atoms with E-state index >= 15 is 0 Å². The minimum Gasteiger partial charge on any atom is -0.508 e. The van der Waals surface area contributed by atoms with E-state index in [1.54, 1.807) is 30.3 Å². The molecular formula is C26H36N4O7. The second-order valence-electron chi connectivity index (χ2n) is 8.53. The number of amides is 3. The average Bonchev–Trinajstić information content (AvgIpc) is 2.89. The number of hydrogen-bond donors (Lipinski definition) is 6. The molecule has 0 aliphatic rings. The second kappa shape index (κ2) is 14.7. The van der Waals surface area contributed by atoms with E-state index in [1.165, 1.54) is 33.3 Å². The topological polar surface area (TPSA) is 172 Å². The summed E-state index contributed by atoms with van der Waals surface area (Å²) in [6.07, 6.45) is 0.738. The van der Waals surface area contributed by atoms with Gasteiger partial charge >= 0.3 is 0 Å². The Hall–Kier alpha value is -3.83. The van der Waals surface area contributed by atoms with Crippen LogP contribution in [-0.2, 0) is 27.2 Å². The Bertz CT molecular complexity index is 1050. The van der Waals surface area contributed by atoms with Crippen molar-refractivity contribution in [2.24, 2.45) is 5.73 Å². The van der Waals surface area contributed by atoms with E-state index in [9.17, 15) is 19.5 Å². The van der Waals surface area contributed by atoms with Crippen molar-refractivity contribution in [3.63, 3.8) is 0 Å². The molecule has 11 heteroatoms. The third-order valence-electron chi connectivity index (χ3n) is 5.64. The smallest absolute Gasteiger partial charge is 0.242 e. The van der Waals surface area contributed by atoms with Crippen LogP contribution in [0.3, 0.4) is 0 Å². The number of phenolic OH excluding ortho intramolecular Hbond substituents is 1. The molecule has 11 nitrogen and oxygen atoms in total. The molecule has 2 aromatic carbocycles. The summed E-state index contributed by atoms with van der Waals surface area (Å²) in [5.74, 6) is -0.407. The maximum absolute atomic E-state index is 12.9. The summed E-state index contributed by atoms with van der Waals surface area (Å²) in [4.78, 5) is 38.3. The van der Waals surface area contributed by atoms with Gasteiger partial charge in [-0.1, -0.05) is 18.2 Å². The lowest BCUT2D eigenvalue weighted by Gasteiger charge is -2.22. The highest BCUT2D eigenvalue weighted by Crippen LogP contribution is 2.28. The van der Waals surface area contributed by atoms with E-state index in [2.05, 4.69) is 16.0 Å². The number of benzene rings is 2. The number of methoxy groups -OCH3 is 2. The van der Waals surface area contributed by atoms with E-state index in [1.807, 2.05) is 0 Å². The quantitative estimate of drug-likeness (QED) is 0.191. The number of rotatable bonds is 14. The largest absolute Gasteiger partial charge is 0.508 e. The highest BCUT2D eigenvalue weighted by atomic mass is 16.5. The molecule has 3 amide bonds. The van der Waals surface area contributed by atoms with Gasteiger partial charge in [0, 0.05) is 19.6 Å². The van der Waals surface area contributed by atoms with E-state index < -0.39 is 35.8 Å². The minimum absolute atomic E-state index is 0.0829. The van der Waals surface area contributed by atoms with Gasteiger partial charge in [-0.3, -0.25) is 14.4 Å². The first kappa shape index (κ1) is 29.4. The van der Waals surface area contributed by atoms with Gasteiger partial charge in [-0.05, 0) is 55.2 Å². The predicted molar refractivity (Wildman–Crippen MR) is 137 cm³/mol. The third-order valence-corrected chi connectivity index (χ3v) is 5.64. The molecule has 2 rings (SSSR count). The summed E-state index contributed by atoms with van der Waals surface area (Å²) >= 11 is 0. The molecule has 0 heterocycles. The highest BCUT2D eigenvalue weighted by Gasteiger charge is 2.26. The highest BCUT2D eigenvalue weighted by molar-refractivity contribution is 5.93. The van der Waals surface area contributed by atoms with Crippen LogP contribution < -0.4 is 31.2 Å². The van der Waals surface area contributed by atoms with Crippen LogP contribution >= 0.6 is 0 Å². The van der Waals surface area contributed by atoms with Crippen molar-refractivity contribution in [1.82, 2.24) is 16.0 Å². The maximum atomic E-state index is 12.9. The van der Waals surface area contributed by atoms with Crippen molar-refractivity contribution in [1.29, 1.82) is 0 Å². The summed E-state index contributed by atoms with van der Waals surface area (Å²) in [6, 6.07) is 8.67. The van der Waals surface area contributed by atoms with Gasteiger partial charge in [0.2, 0.25) is 17.7 Å². The first-order valence-electron chi connectivity index (χ1n) is 11.9. The average molecular weight is 517 g/mol. The van der Waals surface area contributed by atoms with Crippen molar-refractivity contribution in [3.8, 4) is 17.2 Å². The van der Waals surface area contributed by atoms with E-state index in [-0.39, 0.29) is 31.7 Å². The zero-order valence-electron chi connectivity index (χ0n) is 21.3. The van der Waals surface area contributed by atoms with Gasteiger partial charge in [0.15, 0.2) is 11.5 Å². The third kappa shape index (κ3) is 9.28. The zero-order valence-corrected chi connectivity index (χ0v) is 21.3. The molecule has 3 atom stereocenters. The molecule has 0 fully saturated rings. The van der Waals surface area contributed by atoms with Crippen molar-refractivity contribution in [2.75, 3.05) is 27.4 Å². The summed E-state index contributed by atoms with van der Waals surface area (Å²) in [7, 11) is 3.01. The SMILES string of the molecule is COc1ccc(C[C@H](NC(=O)[C@@H](C)NC(=O)[C@@H](N)Cc2ccc(O)cc2)C(=O)NCCCO)cc1OC. The normalized spacial score (nSPS) is 13.1. The summed E-state index contributed by atoms with van der Waals surface area (Å²) in [6.45, 7) is 1.66. The van der Waals surface area contributed by atoms with Crippen LogP contribution in [0.25, 0.3) is 0 Å². The number of aromatic hydroxyl groups is 1. The Morgan fingerprint density at radius 1 is 0.892 bits per heavy atom. The first-order valence-corrected chi connectivity index (χ1v) is 11.9. The molecule has 0 radical (unpaired) electrons. The fourth-order valence-electron chi connectivity index (χ4n) is 3.53. The molecule has 37 heavy (non-hydrogen) atoms. The lowest BCUT2D eigenvalue weighted by atomic mass is 10.0. The summed E-state index contributed by atoms with van der Waals surface area (Å²) < 4.78 is 10.6. The van der Waals surface area contributed by atoms with Gasteiger partial charge in [0.25, 0.3) is 0 Å². The molecule has 2 aromatic rings. The molecule has 0 saturated carbocycles. The van der Waals surface area contributed by atoms with Crippen LogP contribution in [-0.4, -0.2) is 73.4 Å². The zero-order chi connectivity index (χ0) is 27.4. The molecule has 0 aromatic heterocycles. The number of carbonyl (C=O) groups excluding carboxylic acids is 3. The van der Waals surface area contributed by atoms with Gasteiger partial charge in [-0.15, -0.1) is 0 Å². The number of nitrogens with two attached hydrogens (primary N) is 1. The van der Waals surface area contributed by atoms with E-state index in [4.69, 9.17) is 20.3 Å². The standard InChI is InChI=1S/C26H36N4O7/c1-16(29-25(34)20(27)13-17-5-8-19(32)9-6-17)24(33)30-21(26(35)28-11-4-12-31)14-18-7-10-22(36-2)23(15-18)37-3/h5-10,15-16,20-21,31-32H,4,11-14,27H2,1-3H3,(H,28,35)(H,29,34)(H,30,33)/t16-,20+,21+/m1/s1. The van der Waals surface area contributed by atoms with E-state index in [0.717, 1.165) is 5.56 Å². The van der Waals surface area contributed by atoms with Crippen molar-refractivity contribution in [3.05, 3.63) is 53.6 Å². The van der Waals surface area contributed by atoms with Crippen LogP contribution in [0.4, 0.5) is 0 Å². The molecule has 0 aliphatic carbocycles. The van der Waals surface area contributed by atoms with Gasteiger partial charge < -0.3 is 41.4 Å². The number of aliphatic hydroxyl groups is 1. The van der Waals surface area contributed by atoms with Crippen LogP contribution in [0.5, 0.6) is 17.2 Å². The number of phenols is 1. The Balaban J connectivity index is 2.05. The van der Waals surface area contributed by atoms with Crippen molar-refractivity contribution in [2.45, 2.75) is 44.3 Å². The molecule has 7 N–H and O–H groups in total. The van der Waals surface area contributed by atoms with Crippen LogP contribution in [0.1, 0.15) is 24.5 Å². The van der Waals surface area contributed by atoms with Gasteiger partial charge in [0.05, 0.1) is 20.3 Å². The number of aliphatic hydroxyl groups excluding tert-OH is 1. The number of carbonyl (C=O) groups is 3. The van der Waals surface area contributed by atoms with Crippen molar-refractivity contribution < 1.29 is 34.1 Å². The molecule has 0 spiro atoms. The molecule has 0 unspecified atom stereocenters. The lowest BCUT2D eigenvalue weighted by molar-refractivity contribution is -0.132. The molecule has 0 bridgehead atoms. The fraction of sp³-hybridized carbons (Fsp3) is 0.423. The Morgan fingerprint density at radius 3 is 2.16 bits per heavy atom. The van der Waals surface area contributed by atoms with Crippen molar-refractivity contribution >= 4 is 17.7 Å². The minimum atomic E-state index is -0.962. The Kier molecular flexibility index (Phi) is 11.7. The van der Waals surface area contributed by atoms with Crippen LogP contribution in [0.15, 0.2) is 42.5 Å². The maximum Gasteiger partial charge on any atom is 0.242 e. The monoisotopic (exact) mass is 516 g/mol. The molecule has 0 saturated heterocycles. The van der Waals surface area contributed by atoms with Crippen LogP contribution in [0, 0.1) is 0 Å². The van der Waals surface area contributed by atoms with Gasteiger partial charge in [0.1, 0.15) is 17.8 Å². The van der Waals surface area contributed by atoms with E-state index in [0.29, 0.717) is 23.5 Å². The summed E-state index contributed by atoms with van der Waals surface area (Å²) in [5.41, 5.74) is 7.47. The predicted octanol–water partition coefficient (Wildman–Crippen LogP) is 0.0100. The number of hydrogen-bond acceptors (Lipinski definition) is 8. The fourth-order valence-corrected chi connectivity index (χ4v) is 3.53. The van der Waals surface area contributed by atoms with Crippen LogP contribution in [0.2, 0.25) is 0 Å². The van der Waals surface area contributed by atoms with Gasteiger partial charge in [-0.25, -0.2) is 0 Å². The molecular weight excluding hydrogens is 480 g/mol. The number of ether oxygens (including phenoxy) is 2. The summed E-state index contributed by atoms with van der Waals surface area (Å²) in [5, 5.41) is 26.4. The molecule has 202 valence electrons. The Morgan fingerprint density at radius 2 is 1.54 bits per heavy atom. The lowest BCUT2D eigenvalue weighted by Crippen LogP contribution is -2.55. The molecule has 0 aliphatic heterocycles. The van der Waals surface area contributed by atoms with Gasteiger partial charge in [-0.2, -0.15) is 0 Å². The second-order valence-corrected chi connectivity index (χ2v) is 8.53. The number of nitrogens with one attached hydrogen (secondary N) is 3. The first-order chi connectivity index (χ1) is 17.7.